The standard InChI is InChI=1S/C15H27N3/c1-14(2,15(3,4)16)12-18(5)11-9-13-8-6-7-10-17-13/h6-8,10H,9,11-12,16H2,1-5H3. The van der Waals surface area contributed by atoms with Gasteiger partial charge in [-0.2, -0.15) is 0 Å². The van der Waals surface area contributed by atoms with Crippen LogP contribution >= 0.6 is 0 Å². The predicted molar refractivity (Wildman–Crippen MR) is 77.5 cm³/mol. The van der Waals surface area contributed by atoms with E-state index in [1.807, 2.05) is 18.3 Å². The Morgan fingerprint density at radius 1 is 1.22 bits per heavy atom. The fraction of sp³-hybridized carbons (Fsp3) is 0.667. The van der Waals surface area contributed by atoms with E-state index in [4.69, 9.17) is 5.73 Å². The number of likely N-dealkylation sites (N-methyl/N-ethyl adjacent to an activating group) is 1. The summed E-state index contributed by atoms with van der Waals surface area (Å²) in [6.07, 6.45) is 2.83. The fourth-order valence-electron chi connectivity index (χ4n) is 1.81. The molecule has 1 aromatic rings. The third-order valence-electron chi connectivity index (χ3n) is 3.89. The fourth-order valence-corrected chi connectivity index (χ4v) is 1.81. The number of hydrogen-bond donors (Lipinski definition) is 1. The normalized spacial score (nSPS) is 13.1. The van der Waals surface area contributed by atoms with Crippen LogP contribution < -0.4 is 5.73 Å². The van der Waals surface area contributed by atoms with Gasteiger partial charge in [-0.1, -0.05) is 19.9 Å². The lowest BCUT2D eigenvalue weighted by molar-refractivity contribution is 0.131. The zero-order valence-electron chi connectivity index (χ0n) is 12.4. The van der Waals surface area contributed by atoms with E-state index in [1.165, 1.54) is 0 Å². The molecule has 0 aliphatic rings. The molecule has 0 saturated carbocycles. The van der Waals surface area contributed by atoms with E-state index in [9.17, 15) is 0 Å². The molecule has 1 rings (SSSR count). The molecule has 0 aliphatic carbocycles. The topological polar surface area (TPSA) is 42.2 Å². The van der Waals surface area contributed by atoms with Crippen LogP contribution in [-0.4, -0.2) is 35.6 Å². The van der Waals surface area contributed by atoms with Crippen molar-refractivity contribution in [2.45, 2.75) is 39.7 Å². The van der Waals surface area contributed by atoms with Gasteiger partial charge in [-0.15, -0.1) is 0 Å². The molecule has 0 amide bonds. The Bertz CT molecular complexity index is 352. The molecule has 0 saturated heterocycles. The molecule has 0 unspecified atom stereocenters. The molecular formula is C15H27N3. The van der Waals surface area contributed by atoms with E-state index >= 15 is 0 Å². The van der Waals surface area contributed by atoms with E-state index < -0.39 is 0 Å². The van der Waals surface area contributed by atoms with Crippen molar-refractivity contribution in [2.75, 3.05) is 20.1 Å². The number of hydrogen-bond acceptors (Lipinski definition) is 3. The summed E-state index contributed by atoms with van der Waals surface area (Å²) in [5, 5.41) is 0. The van der Waals surface area contributed by atoms with Gasteiger partial charge in [-0.25, -0.2) is 0 Å². The average Bonchev–Trinajstić information content (AvgIpc) is 2.26. The lowest BCUT2D eigenvalue weighted by Crippen LogP contribution is -2.52. The smallest absolute Gasteiger partial charge is 0.0416 e. The van der Waals surface area contributed by atoms with Crippen molar-refractivity contribution in [1.82, 2.24) is 9.88 Å². The average molecular weight is 249 g/mol. The number of rotatable bonds is 6. The van der Waals surface area contributed by atoms with Crippen LogP contribution in [-0.2, 0) is 6.42 Å². The number of pyridine rings is 1. The van der Waals surface area contributed by atoms with E-state index in [0.717, 1.165) is 25.2 Å². The summed E-state index contributed by atoms with van der Waals surface area (Å²) in [6, 6.07) is 6.06. The zero-order chi connectivity index (χ0) is 13.8. The summed E-state index contributed by atoms with van der Waals surface area (Å²) >= 11 is 0. The molecule has 0 bridgehead atoms. The van der Waals surface area contributed by atoms with Gasteiger partial charge in [0.2, 0.25) is 0 Å². The van der Waals surface area contributed by atoms with E-state index in [0.29, 0.717) is 0 Å². The molecule has 0 aliphatic heterocycles. The van der Waals surface area contributed by atoms with Gasteiger partial charge in [0, 0.05) is 36.9 Å². The first-order valence-electron chi connectivity index (χ1n) is 6.60. The first kappa shape index (κ1) is 15.1. The van der Waals surface area contributed by atoms with Crippen molar-refractivity contribution >= 4 is 0 Å². The van der Waals surface area contributed by atoms with Gasteiger partial charge in [0.05, 0.1) is 0 Å². The first-order valence-corrected chi connectivity index (χ1v) is 6.60. The number of nitrogens with two attached hydrogens (primary N) is 1. The molecule has 1 aromatic heterocycles. The van der Waals surface area contributed by atoms with Gasteiger partial charge in [0.15, 0.2) is 0 Å². The van der Waals surface area contributed by atoms with Crippen molar-refractivity contribution < 1.29 is 0 Å². The Kier molecular flexibility index (Phi) is 4.88. The molecule has 0 radical (unpaired) electrons. The van der Waals surface area contributed by atoms with Crippen molar-refractivity contribution in [3.05, 3.63) is 30.1 Å². The van der Waals surface area contributed by atoms with Crippen LogP contribution in [0.3, 0.4) is 0 Å². The van der Waals surface area contributed by atoms with Crippen LogP contribution in [0.2, 0.25) is 0 Å². The Balaban J connectivity index is 2.45. The maximum Gasteiger partial charge on any atom is 0.0416 e. The molecular weight excluding hydrogens is 222 g/mol. The van der Waals surface area contributed by atoms with Gasteiger partial charge in [0.1, 0.15) is 0 Å². The lowest BCUT2D eigenvalue weighted by Gasteiger charge is -2.41. The first-order chi connectivity index (χ1) is 8.22. The third kappa shape index (κ3) is 4.39. The van der Waals surface area contributed by atoms with Crippen molar-refractivity contribution in [2.24, 2.45) is 11.1 Å². The highest BCUT2D eigenvalue weighted by Gasteiger charge is 2.34. The van der Waals surface area contributed by atoms with Crippen LogP contribution in [0.15, 0.2) is 24.4 Å². The highest BCUT2D eigenvalue weighted by atomic mass is 15.1. The van der Waals surface area contributed by atoms with Crippen molar-refractivity contribution in [3.63, 3.8) is 0 Å². The molecule has 2 N–H and O–H groups in total. The minimum Gasteiger partial charge on any atom is -0.325 e. The van der Waals surface area contributed by atoms with Gasteiger partial charge in [-0.3, -0.25) is 4.98 Å². The molecule has 0 aromatic carbocycles. The van der Waals surface area contributed by atoms with Crippen LogP contribution in [0.5, 0.6) is 0 Å². The SMILES string of the molecule is CN(CCc1ccccn1)CC(C)(C)C(C)(C)N. The molecule has 0 atom stereocenters. The predicted octanol–water partition coefficient (Wildman–Crippen LogP) is 2.32. The van der Waals surface area contributed by atoms with Crippen LogP contribution in [0.4, 0.5) is 0 Å². The third-order valence-corrected chi connectivity index (χ3v) is 3.89. The van der Waals surface area contributed by atoms with Crippen molar-refractivity contribution in [1.29, 1.82) is 0 Å². The second-order valence-electron chi connectivity index (χ2n) is 6.41. The summed E-state index contributed by atoms with van der Waals surface area (Å²) < 4.78 is 0. The van der Waals surface area contributed by atoms with Gasteiger partial charge < -0.3 is 10.6 Å². The Morgan fingerprint density at radius 3 is 2.39 bits per heavy atom. The van der Waals surface area contributed by atoms with Crippen LogP contribution in [0, 0.1) is 5.41 Å². The largest absolute Gasteiger partial charge is 0.325 e. The molecule has 0 spiro atoms. The van der Waals surface area contributed by atoms with E-state index in [-0.39, 0.29) is 11.0 Å². The lowest BCUT2D eigenvalue weighted by atomic mass is 9.75. The quantitative estimate of drug-likeness (QED) is 0.841. The van der Waals surface area contributed by atoms with Gasteiger partial charge >= 0.3 is 0 Å². The Hall–Kier alpha value is -0.930. The second kappa shape index (κ2) is 5.81. The zero-order valence-corrected chi connectivity index (χ0v) is 12.4. The molecule has 3 nitrogen and oxygen atoms in total. The summed E-state index contributed by atoms with van der Waals surface area (Å²) in [6.45, 7) is 10.6. The molecule has 18 heavy (non-hydrogen) atoms. The maximum atomic E-state index is 6.23. The monoisotopic (exact) mass is 249 g/mol. The van der Waals surface area contributed by atoms with Crippen molar-refractivity contribution in [3.8, 4) is 0 Å². The van der Waals surface area contributed by atoms with E-state index in [2.05, 4.69) is 50.7 Å². The molecule has 1 heterocycles. The molecule has 3 heteroatoms. The summed E-state index contributed by atoms with van der Waals surface area (Å²) in [5.74, 6) is 0. The molecule has 0 fully saturated rings. The number of aromatic nitrogens is 1. The Labute approximate surface area is 111 Å². The minimum absolute atomic E-state index is 0.0892. The Morgan fingerprint density at radius 2 is 1.89 bits per heavy atom. The second-order valence-corrected chi connectivity index (χ2v) is 6.41. The molecule has 102 valence electrons. The highest BCUT2D eigenvalue weighted by Crippen LogP contribution is 2.28. The van der Waals surface area contributed by atoms with Gasteiger partial charge in [0.25, 0.3) is 0 Å². The van der Waals surface area contributed by atoms with E-state index in [1.54, 1.807) is 0 Å². The van der Waals surface area contributed by atoms with Crippen LogP contribution in [0.1, 0.15) is 33.4 Å². The maximum absolute atomic E-state index is 6.23. The highest BCUT2D eigenvalue weighted by molar-refractivity contribution is 5.03. The number of nitrogens with zero attached hydrogens (tertiary/aromatic N) is 2. The van der Waals surface area contributed by atoms with Crippen LogP contribution in [0.25, 0.3) is 0 Å². The summed E-state index contributed by atoms with van der Waals surface area (Å²) in [5.41, 5.74) is 7.29. The summed E-state index contributed by atoms with van der Waals surface area (Å²) in [4.78, 5) is 6.68. The minimum atomic E-state index is -0.174. The summed E-state index contributed by atoms with van der Waals surface area (Å²) in [7, 11) is 2.15. The van der Waals surface area contributed by atoms with Gasteiger partial charge in [-0.05, 0) is 38.4 Å².